The second-order valence-corrected chi connectivity index (χ2v) is 5.85. The second-order valence-electron chi connectivity index (χ2n) is 4.94. The monoisotopic (exact) mass is 338 g/mol. The Hall–Kier alpha value is -1.37. The van der Waals surface area contributed by atoms with Gasteiger partial charge in [-0.15, -0.1) is 0 Å². The summed E-state index contributed by atoms with van der Waals surface area (Å²) < 4.78 is 6.28. The van der Waals surface area contributed by atoms with E-state index in [1.807, 2.05) is 18.3 Å². The van der Waals surface area contributed by atoms with Crippen molar-refractivity contribution < 1.29 is 14.6 Å². The first-order chi connectivity index (χ1) is 9.63. The summed E-state index contributed by atoms with van der Waals surface area (Å²) in [7, 11) is 0. The molecule has 2 heterocycles. The number of hydrogen-bond donors (Lipinski definition) is 2. The van der Waals surface area contributed by atoms with Crippen molar-refractivity contribution in [3.05, 3.63) is 34.4 Å². The van der Waals surface area contributed by atoms with Crippen LogP contribution >= 0.6 is 15.9 Å². The Morgan fingerprint density at radius 1 is 1.55 bits per heavy atom. The summed E-state index contributed by atoms with van der Waals surface area (Å²) in [5.74, 6) is -0.892. The minimum absolute atomic E-state index is 0.427. The van der Waals surface area contributed by atoms with Crippen LogP contribution in [-0.2, 0) is 16.1 Å². The standard InChI is InChI=1S/C14H15BrN2O3/c15-10-1-2-12-11(5-10)9(6-16-12)7-17-3-4-20-13(8-17)14(18)19/h1-2,5-6,13,16H,3-4,7-8H2,(H,18,19). The van der Waals surface area contributed by atoms with Crippen LogP contribution in [0.2, 0.25) is 0 Å². The Morgan fingerprint density at radius 3 is 3.20 bits per heavy atom. The smallest absolute Gasteiger partial charge is 0.334 e. The molecule has 1 unspecified atom stereocenters. The van der Waals surface area contributed by atoms with Gasteiger partial charge in [0.2, 0.25) is 0 Å². The number of benzene rings is 1. The molecule has 1 saturated heterocycles. The van der Waals surface area contributed by atoms with Crippen molar-refractivity contribution in [3.8, 4) is 0 Å². The number of aromatic nitrogens is 1. The maximum atomic E-state index is 11.0. The van der Waals surface area contributed by atoms with Gasteiger partial charge in [-0.3, -0.25) is 4.90 Å². The van der Waals surface area contributed by atoms with Crippen molar-refractivity contribution in [1.82, 2.24) is 9.88 Å². The Bertz CT molecular complexity index is 640. The zero-order valence-electron chi connectivity index (χ0n) is 10.8. The van der Waals surface area contributed by atoms with Gasteiger partial charge in [-0.25, -0.2) is 4.79 Å². The molecule has 1 aromatic carbocycles. The minimum atomic E-state index is -0.892. The van der Waals surface area contributed by atoms with Crippen molar-refractivity contribution in [3.63, 3.8) is 0 Å². The van der Waals surface area contributed by atoms with Gasteiger partial charge in [-0.1, -0.05) is 15.9 Å². The Labute approximate surface area is 124 Å². The topological polar surface area (TPSA) is 65.6 Å². The molecular formula is C14H15BrN2O3. The molecule has 0 spiro atoms. The van der Waals surface area contributed by atoms with Crippen LogP contribution in [-0.4, -0.2) is 46.8 Å². The van der Waals surface area contributed by atoms with Crippen LogP contribution in [0.1, 0.15) is 5.56 Å². The first-order valence-electron chi connectivity index (χ1n) is 6.46. The summed E-state index contributed by atoms with van der Waals surface area (Å²) in [6.07, 6.45) is 1.27. The molecule has 0 aliphatic carbocycles. The number of carbonyl (C=O) groups is 1. The lowest BCUT2D eigenvalue weighted by Crippen LogP contribution is -2.45. The summed E-state index contributed by atoms with van der Waals surface area (Å²) >= 11 is 3.48. The van der Waals surface area contributed by atoms with Gasteiger partial charge in [0, 0.05) is 41.2 Å². The van der Waals surface area contributed by atoms with E-state index in [-0.39, 0.29) is 0 Å². The number of nitrogens with one attached hydrogen (secondary N) is 1. The zero-order chi connectivity index (χ0) is 14.1. The number of fused-ring (bicyclic) bond motifs is 1. The molecule has 20 heavy (non-hydrogen) atoms. The summed E-state index contributed by atoms with van der Waals surface area (Å²) in [6.45, 7) is 2.37. The molecule has 1 fully saturated rings. The van der Waals surface area contributed by atoms with Crippen molar-refractivity contribution in [2.45, 2.75) is 12.6 Å². The number of halogens is 1. The fourth-order valence-corrected chi connectivity index (χ4v) is 2.88. The normalized spacial score (nSPS) is 20.4. The summed E-state index contributed by atoms with van der Waals surface area (Å²) in [6, 6.07) is 6.11. The number of rotatable bonds is 3. The average Bonchev–Trinajstić information content (AvgIpc) is 2.82. The lowest BCUT2D eigenvalue weighted by molar-refractivity contribution is -0.156. The Morgan fingerprint density at radius 2 is 2.40 bits per heavy atom. The number of hydrogen-bond acceptors (Lipinski definition) is 3. The molecule has 3 rings (SSSR count). The van der Waals surface area contributed by atoms with Gasteiger partial charge in [0.1, 0.15) is 0 Å². The molecule has 5 nitrogen and oxygen atoms in total. The molecule has 106 valence electrons. The van der Waals surface area contributed by atoms with E-state index in [2.05, 4.69) is 31.9 Å². The third-order valence-corrected chi connectivity index (χ3v) is 4.04. The fourth-order valence-electron chi connectivity index (χ4n) is 2.52. The SMILES string of the molecule is O=C(O)C1CN(Cc2c[nH]c3ccc(Br)cc23)CCO1. The summed E-state index contributed by atoms with van der Waals surface area (Å²) in [5, 5.41) is 10.2. The highest BCUT2D eigenvalue weighted by atomic mass is 79.9. The highest BCUT2D eigenvalue weighted by Crippen LogP contribution is 2.24. The summed E-state index contributed by atoms with van der Waals surface area (Å²) in [4.78, 5) is 16.4. The molecule has 0 radical (unpaired) electrons. The van der Waals surface area contributed by atoms with Crippen LogP contribution in [0.5, 0.6) is 0 Å². The molecule has 1 aliphatic rings. The molecule has 0 saturated carbocycles. The summed E-state index contributed by atoms with van der Waals surface area (Å²) in [5.41, 5.74) is 2.26. The van der Waals surface area contributed by atoms with Crippen LogP contribution in [0.4, 0.5) is 0 Å². The van der Waals surface area contributed by atoms with Gasteiger partial charge in [0.25, 0.3) is 0 Å². The lowest BCUT2D eigenvalue weighted by Gasteiger charge is -2.30. The van der Waals surface area contributed by atoms with Crippen LogP contribution < -0.4 is 0 Å². The van der Waals surface area contributed by atoms with Crippen LogP contribution in [0.3, 0.4) is 0 Å². The predicted molar refractivity (Wildman–Crippen MR) is 78.7 cm³/mol. The number of nitrogens with zero attached hydrogens (tertiary/aromatic N) is 1. The largest absolute Gasteiger partial charge is 0.479 e. The van der Waals surface area contributed by atoms with E-state index in [1.54, 1.807) is 0 Å². The highest BCUT2D eigenvalue weighted by molar-refractivity contribution is 9.10. The quantitative estimate of drug-likeness (QED) is 0.900. The minimum Gasteiger partial charge on any atom is -0.479 e. The first kappa shape index (κ1) is 13.6. The van der Waals surface area contributed by atoms with E-state index in [1.165, 1.54) is 5.56 Å². The van der Waals surface area contributed by atoms with Crippen molar-refractivity contribution in [2.75, 3.05) is 19.7 Å². The third-order valence-electron chi connectivity index (χ3n) is 3.55. The Balaban J connectivity index is 1.79. The van der Waals surface area contributed by atoms with Gasteiger partial charge in [-0.05, 0) is 23.8 Å². The first-order valence-corrected chi connectivity index (χ1v) is 7.25. The molecule has 1 aromatic heterocycles. The molecule has 6 heteroatoms. The molecule has 2 aromatic rings. The van der Waals surface area contributed by atoms with Crippen molar-refractivity contribution >= 4 is 32.8 Å². The van der Waals surface area contributed by atoms with E-state index < -0.39 is 12.1 Å². The van der Waals surface area contributed by atoms with E-state index >= 15 is 0 Å². The molecule has 0 amide bonds. The predicted octanol–water partition coefficient (Wildman–Crippen LogP) is 2.22. The van der Waals surface area contributed by atoms with E-state index in [4.69, 9.17) is 9.84 Å². The van der Waals surface area contributed by atoms with Crippen molar-refractivity contribution in [1.29, 1.82) is 0 Å². The van der Waals surface area contributed by atoms with Gasteiger partial charge in [0.05, 0.1) is 6.61 Å². The van der Waals surface area contributed by atoms with Gasteiger partial charge < -0.3 is 14.8 Å². The van der Waals surface area contributed by atoms with E-state index in [0.717, 1.165) is 28.5 Å². The maximum Gasteiger partial charge on any atom is 0.334 e. The lowest BCUT2D eigenvalue weighted by atomic mass is 10.1. The molecule has 0 bridgehead atoms. The van der Waals surface area contributed by atoms with Gasteiger partial charge in [-0.2, -0.15) is 0 Å². The number of carboxylic acids is 1. The van der Waals surface area contributed by atoms with Crippen molar-refractivity contribution in [2.24, 2.45) is 0 Å². The zero-order valence-corrected chi connectivity index (χ0v) is 12.4. The molecule has 2 N–H and O–H groups in total. The molecule has 1 aliphatic heterocycles. The number of aliphatic carboxylic acids is 1. The molecular weight excluding hydrogens is 324 g/mol. The maximum absolute atomic E-state index is 11.0. The second kappa shape index (κ2) is 5.55. The molecule has 1 atom stereocenters. The van der Waals surface area contributed by atoms with Crippen LogP contribution in [0.15, 0.2) is 28.9 Å². The number of ether oxygens (including phenoxy) is 1. The Kier molecular flexibility index (Phi) is 3.78. The number of aromatic amines is 1. The number of carboxylic acid groups (broad SMARTS) is 1. The third kappa shape index (κ3) is 2.72. The van der Waals surface area contributed by atoms with Gasteiger partial charge in [0.15, 0.2) is 6.10 Å². The van der Waals surface area contributed by atoms with E-state index in [9.17, 15) is 4.79 Å². The number of H-pyrrole nitrogens is 1. The highest BCUT2D eigenvalue weighted by Gasteiger charge is 2.26. The number of morpholine rings is 1. The fraction of sp³-hybridized carbons (Fsp3) is 0.357. The van der Waals surface area contributed by atoms with E-state index in [0.29, 0.717) is 13.2 Å². The van der Waals surface area contributed by atoms with Crippen LogP contribution in [0.25, 0.3) is 10.9 Å². The average molecular weight is 339 g/mol. The van der Waals surface area contributed by atoms with Crippen LogP contribution in [0, 0.1) is 0 Å². The van der Waals surface area contributed by atoms with Gasteiger partial charge >= 0.3 is 5.97 Å².